The molecule has 0 unspecified atom stereocenters. The Morgan fingerprint density at radius 3 is 2.94 bits per heavy atom. The van der Waals surface area contributed by atoms with Gasteiger partial charge in [0.25, 0.3) is 0 Å². The van der Waals surface area contributed by atoms with Crippen LogP contribution in [0.4, 0.5) is 0 Å². The zero-order valence-corrected chi connectivity index (χ0v) is 9.74. The van der Waals surface area contributed by atoms with E-state index < -0.39 is 0 Å². The number of benzene rings is 1. The van der Waals surface area contributed by atoms with Crippen molar-refractivity contribution in [2.45, 2.75) is 6.42 Å². The van der Waals surface area contributed by atoms with Gasteiger partial charge in [0.05, 0.1) is 20.3 Å². The van der Waals surface area contributed by atoms with Crippen molar-refractivity contribution in [1.82, 2.24) is 5.32 Å². The largest absolute Gasteiger partial charge is 0.497 e. The summed E-state index contributed by atoms with van der Waals surface area (Å²) >= 11 is 0. The van der Waals surface area contributed by atoms with Crippen molar-refractivity contribution in [1.29, 1.82) is 0 Å². The van der Waals surface area contributed by atoms with Gasteiger partial charge in [-0.1, -0.05) is 12.1 Å². The first-order valence-corrected chi connectivity index (χ1v) is 5.80. The van der Waals surface area contributed by atoms with Crippen LogP contribution in [0, 0.1) is 5.92 Å². The summed E-state index contributed by atoms with van der Waals surface area (Å²) in [6, 6.07) is 8.29. The molecular formula is C13H19NO2. The van der Waals surface area contributed by atoms with E-state index in [0.29, 0.717) is 5.92 Å². The zero-order chi connectivity index (χ0) is 11.2. The van der Waals surface area contributed by atoms with Crippen LogP contribution in [0.1, 0.15) is 5.56 Å². The first-order chi connectivity index (χ1) is 7.88. The van der Waals surface area contributed by atoms with E-state index in [4.69, 9.17) is 9.47 Å². The fourth-order valence-electron chi connectivity index (χ4n) is 1.99. The molecule has 1 N–H and O–H groups in total. The van der Waals surface area contributed by atoms with E-state index in [9.17, 15) is 0 Å². The average molecular weight is 221 g/mol. The third-order valence-electron chi connectivity index (χ3n) is 2.89. The molecule has 16 heavy (non-hydrogen) atoms. The molecular weight excluding hydrogens is 202 g/mol. The first kappa shape index (κ1) is 11.4. The molecule has 2 rings (SSSR count). The minimum absolute atomic E-state index is 0.580. The highest BCUT2D eigenvalue weighted by Gasteiger charge is 2.12. The Labute approximate surface area is 96.8 Å². The predicted octanol–water partition coefficient (Wildman–Crippen LogP) is 1.47. The van der Waals surface area contributed by atoms with Gasteiger partial charge in [-0.05, 0) is 30.0 Å². The second kappa shape index (κ2) is 5.87. The van der Waals surface area contributed by atoms with Crippen LogP contribution in [0.15, 0.2) is 24.3 Å². The molecule has 1 fully saturated rings. The van der Waals surface area contributed by atoms with Crippen LogP contribution in [-0.2, 0) is 11.2 Å². The van der Waals surface area contributed by atoms with Crippen molar-refractivity contribution in [3.8, 4) is 5.75 Å². The van der Waals surface area contributed by atoms with E-state index in [1.165, 1.54) is 5.56 Å². The quantitative estimate of drug-likeness (QED) is 0.838. The number of hydrogen-bond acceptors (Lipinski definition) is 3. The third kappa shape index (κ3) is 3.22. The molecule has 3 heteroatoms. The molecule has 1 aromatic carbocycles. The Balaban J connectivity index is 1.91. The maximum absolute atomic E-state index is 5.54. The van der Waals surface area contributed by atoms with Crippen molar-refractivity contribution in [2.24, 2.45) is 5.92 Å². The second-order valence-corrected chi connectivity index (χ2v) is 4.20. The number of ether oxygens (including phenoxy) is 2. The Bertz CT molecular complexity index is 302. The fraction of sp³-hybridized carbons (Fsp3) is 0.538. The normalized spacial score (nSPS) is 21.4. The molecule has 88 valence electrons. The summed E-state index contributed by atoms with van der Waals surface area (Å²) in [6.45, 7) is 3.71. The molecule has 0 aromatic heterocycles. The number of hydrogen-bond donors (Lipinski definition) is 1. The molecule has 1 aliphatic heterocycles. The molecule has 0 amide bonds. The molecule has 0 bridgehead atoms. The smallest absolute Gasteiger partial charge is 0.118 e. The van der Waals surface area contributed by atoms with Crippen molar-refractivity contribution >= 4 is 0 Å². The van der Waals surface area contributed by atoms with Crippen LogP contribution in [0.3, 0.4) is 0 Å². The van der Waals surface area contributed by atoms with Gasteiger partial charge >= 0.3 is 0 Å². The molecule has 0 saturated carbocycles. The van der Waals surface area contributed by atoms with E-state index in [2.05, 4.69) is 17.4 Å². The van der Waals surface area contributed by atoms with E-state index in [1.807, 2.05) is 12.1 Å². The molecule has 1 atom stereocenters. The lowest BCUT2D eigenvalue weighted by atomic mass is 10.00. The van der Waals surface area contributed by atoms with Crippen molar-refractivity contribution < 1.29 is 9.47 Å². The third-order valence-corrected chi connectivity index (χ3v) is 2.89. The summed E-state index contributed by atoms with van der Waals surface area (Å²) in [5.74, 6) is 1.50. The predicted molar refractivity (Wildman–Crippen MR) is 63.9 cm³/mol. The standard InChI is InChI=1S/C13H19NO2/c1-15-13-4-2-11(3-5-13)8-12-9-14-6-7-16-10-12/h2-5,12,14H,6-10H2,1H3/t12-/m1/s1. The van der Waals surface area contributed by atoms with E-state index in [1.54, 1.807) is 7.11 Å². The van der Waals surface area contributed by atoms with Crippen LogP contribution in [0.2, 0.25) is 0 Å². The van der Waals surface area contributed by atoms with E-state index in [0.717, 1.165) is 38.5 Å². The van der Waals surface area contributed by atoms with Gasteiger partial charge < -0.3 is 14.8 Å². The minimum Gasteiger partial charge on any atom is -0.497 e. The molecule has 1 heterocycles. The lowest BCUT2D eigenvalue weighted by Gasteiger charge is -2.13. The lowest BCUT2D eigenvalue weighted by Crippen LogP contribution is -2.24. The molecule has 1 aromatic rings. The summed E-state index contributed by atoms with van der Waals surface area (Å²) in [4.78, 5) is 0. The summed E-state index contributed by atoms with van der Waals surface area (Å²) in [5, 5.41) is 3.39. The van der Waals surface area contributed by atoms with Crippen molar-refractivity contribution in [2.75, 3.05) is 33.4 Å². The van der Waals surface area contributed by atoms with Gasteiger partial charge in [-0.25, -0.2) is 0 Å². The molecule has 3 nitrogen and oxygen atoms in total. The Morgan fingerprint density at radius 2 is 2.19 bits per heavy atom. The topological polar surface area (TPSA) is 30.5 Å². The maximum Gasteiger partial charge on any atom is 0.118 e. The second-order valence-electron chi connectivity index (χ2n) is 4.20. The molecule has 0 spiro atoms. The lowest BCUT2D eigenvalue weighted by molar-refractivity contribution is 0.123. The fourth-order valence-corrected chi connectivity index (χ4v) is 1.99. The SMILES string of the molecule is COc1ccc(C[C@@H]2CNCCOC2)cc1. The molecule has 1 saturated heterocycles. The van der Waals surface area contributed by atoms with Crippen molar-refractivity contribution in [3.63, 3.8) is 0 Å². The van der Waals surface area contributed by atoms with Crippen molar-refractivity contribution in [3.05, 3.63) is 29.8 Å². The highest BCUT2D eigenvalue weighted by Crippen LogP contribution is 2.15. The summed E-state index contributed by atoms with van der Waals surface area (Å²) in [6.07, 6.45) is 1.07. The summed E-state index contributed by atoms with van der Waals surface area (Å²) < 4.78 is 10.7. The number of methoxy groups -OCH3 is 1. The van der Waals surface area contributed by atoms with E-state index in [-0.39, 0.29) is 0 Å². The zero-order valence-electron chi connectivity index (χ0n) is 9.74. The Kier molecular flexibility index (Phi) is 4.19. The molecule has 1 aliphatic rings. The monoisotopic (exact) mass is 221 g/mol. The Morgan fingerprint density at radius 1 is 1.38 bits per heavy atom. The minimum atomic E-state index is 0.580. The molecule has 0 aliphatic carbocycles. The van der Waals surface area contributed by atoms with Crippen LogP contribution < -0.4 is 10.1 Å². The van der Waals surface area contributed by atoms with Crippen LogP contribution >= 0.6 is 0 Å². The van der Waals surface area contributed by atoms with Crippen LogP contribution in [-0.4, -0.2) is 33.4 Å². The summed E-state index contributed by atoms with van der Waals surface area (Å²) in [7, 11) is 1.69. The van der Waals surface area contributed by atoms with Gasteiger partial charge in [0.2, 0.25) is 0 Å². The van der Waals surface area contributed by atoms with Gasteiger partial charge in [-0.3, -0.25) is 0 Å². The van der Waals surface area contributed by atoms with Crippen LogP contribution in [0.5, 0.6) is 5.75 Å². The first-order valence-electron chi connectivity index (χ1n) is 5.80. The number of nitrogens with one attached hydrogen (secondary N) is 1. The molecule has 0 radical (unpaired) electrons. The van der Waals surface area contributed by atoms with Gasteiger partial charge in [-0.15, -0.1) is 0 Å². The average Bonchev–Trinajstić information content (AvgIpc) is 2.59. The summed E-state index contributed by atoms with van der Waals surface area (Å²) in [5.41, 5.74) is 1.35. The highest BCUT2D eigenvalue weighted by molar-refractivity contribution is 5.27. The van der Waals surface area contributed by atoms with Gasteiger partial charge in [0.15, 0.2) is 0 Å². The highest BCUT2D eigenvalue weighted by atomic mass is 16.5. The van der Waals surface area contributed by atoms with Gasteiger partial charge in [0.1, 0.15) is 5.75 Å². The number of rotatable bonds is 3. The van der Waals surface area contributed by atoms with Gasteiger partial charge in [0, 0.05) is 13.1 Å². The Hall–Kier alpha value is -1.06. The van der Waals surface area contributed by atoms with E-state index >= 15 is 0 Å². The van der Waals surface area contributed by atoms with Gasteiger partial charge in [-0.2, -0.15) is 0 Å². The maximum atomic E-state index is 5.54. The van der Waals surface area contributed by atoms with Crippen LogP contribution in [0.25, 0.3) is 0 Å².